The topological polar surface area (TPSA) is 76.4 Å². The number of rotatable bonds is 4. The van der Waals surface area contributed by atoms with Crippen molar-refractivity contribution in [2.45, 2.75) is 39.0 Å². The van der Waals surface area contributed by atoms with Gasteiger partial charge in [0.15, 0.2) is 0 Å². The molecule has 24 heavy (non-hydrogen) atoms. The number of oxazole rings is 1. The van der Waals surface area contributed by atoms with Gasteiger partial charge in [0.2, 0.25) is 5.89 Å². The van der Waals surface area contributed by atoms with Crippen LogP contribution in [0.15, 0.2) is 28.7 Å². The fourth-order valence-corrected chi connectivity index (χ4v) is 2.83. The Hall–Kier alpha value is -2.05. The number of aromatic nitrogens is 1. The van der Waals surface area contributed by atoms with Gasteiger partial charge in [0.05, 0.1) is 18.3 Å². The average Bonchev–Trinajstić information content (AvgIpc) is 3.13. The number of amides is 2. The molecule has 7 heteroatoms. The zero-order valence-corrected chi connectivity index (χ0v) is 14.4. The van der Waals surface area contributed by atoms with E-state index in [2.05, 4.69) is 15.6 Å². The fourth-order valence-electron chi connectivity index (χ4n) is 2.71. The summed E-state index contributed by atoms with van der Waals surface area (Å²) in [6.45, 7) is 4.57. The normalized spacial score (nSPS) is 20.1. The van der Waals surface area contributed by atoms with Crippen molar-refractivity contribution in [3.8, 4) is 0 Å². The van der Waals surface area contributed by atoms with Crippen LogP contribution in [0.1, 0.15) is 35.4 Å². The molecule has 1 saturated heterocycles. The minimum absolute atomic E-state index is 0.0841. The van der Waals surface area contributed by atoms with Crippen molar-refractivity contribution >= 4 is 17.6 Å². The molecule has 2 N–H and O–H groups in total. The molecule has 2 heterocycles. The van der Waals surface area contributed by atoms with Gasteiger partial charge >= 0.3 is 6.03 Å². The molecular weight excluding hydrogens is 330 g/mol. The van der Waals surface area contributed by atoms with E-state index < -0.39 is 0 Å². The molecule has 3 rings (SSSR count). The molecule has 0 spiro atoms. The monoisotopic (exact) mass is 349 g/mol. The third kappa shape index (κ3) is 3.88. The van der Waals surface area contributed by atoms with Crippen LogP contribution >= 0.6 is 11.6 Å². The van der Waals surface area contributed by atoms with E-state index in [-0.39, 0.29) is 24.7 Å². The van der Waals surface area contributed by atoms with Crippen LogP contribution in [0.5, 0.6) is 0 Å². The van der Waals surface area contributed by atoms with Crippen molar-refractivity contribution in [2.75, 3.05) is 6.61 Å². The fraction of sp³-hybridized carbons (Fsp3) is 0.412. The molecular formula is C17H20ClN3O3. The van der Waals surface area contributed by atoms with Crippen LogP contribution in [-0.2, 0) is 11.3 Å². The lowest BCUT2D eigenvalue weighted by Gasteiger charge is -2.20. The summed E-state index contributed by atoms with van der Waals surface area (Å²) in [6.07, 6.45) is 0.594. The van der Waals surface area contributed by atoms with Crippen molar-refractivity contribution in [1.82, 2.24) is 15.6 Å². The Morgan fingerprint density at radius 3 is 2.75 bits per heavy atom. The van der Waals surface area contributed by atoms with E-state index in [0.29, 0.717) is 17.5 Å². The van der Waals surface area contributed by atoms with Crippen molar-refractivity contribution < 1.29 is 13.9 Å². The van der Waals surface area contributed by atoms with Gasteiger partial charge in [-0.1, -0.05) is 23.7 Å². The zero-order chi connectivity index (χ0) is 17.1. The first-order valence-electron chi connectivity index (χ1n) is 7.87. The first-order valence-corrected chi connectivity index (χ1v) is 8.25. The van der Waals surface area contributed by atoms with Gasteiger partial charge in [-0.3, -0.25) is 0 Å². The summed E-state index contributed by atoms with van der Waals surface area (Å²) < 4.78 is 11.2. The molecule has 128 valence electrons. The molecule has 2 amide bonds. The Labute approximate surface area is 145 Å². The molecule has 0 unspecified atom stereocenters. The van der Waals surface area contributed by atoms with Crippen molar-refractivity contribution in [3.63, 3.8) is 0 Å². The van der Waals surface area contributed by atoms with Crippen LogP contribution in [0.2, 0.25) is 5.02 Å². The van der Waals surface area contributed by atoms with E-state index in [0.717, 1.165) is 23.4 Å². The Morgan fingerprint density at radius 2 is 2.08 bits per heavy atom. The second kappa shape index (κ2) is 7.23. The molecule has 1 fully saturated rings. The van der Waals surface area contributed by atoms with Crippen LogP contribution < -0.4 is 10.6 Å². The van der Waals surface area contributed by atoms with Gasteiger partial charge in [-0.2, -0.15) is 0 Å². The summed E-state index contributed by atoms with van der Waals surface area (Å²) in [4.78, 5) is 16.4. The molecule has 2 atom stereocenters. The predicted molar refractivity (Wildman–Crippen MR) is 89.9 cm³/mol. The maximum absolute atomic E-state index is 12.1. The molecule has 1 aromatic heterocycles. The summed E-state index contributed by atoms with van der Waals surface area (Å²) in [6, 6.07) is 7.13. The highest BCUT2D eigenvalue weighted by atomic mass is 35.5. The summed E-state index contributed by atoms with van der Waals surface area (Å²) >= 11 is 5.92. The predicted octanol–water partition coefficient (Wildman–Crippen LogP) is 3.27. The van der Waals surface area contributed by atoms with Gasteiger partial charge in [0.25, 0.3) is 0 Å². The van der Waals surface area contributed by atoms with E-state index in [9.17, 15) is 4.79 Å². The highest BCUT2D eigenvalue weighted by molar-refractivity contribution is 6.30. The lowest BCUT2D eigenvalue weighted by Crippen LogP contribution is -2.43. The van der Waals surface area contributed by atoms with Crippen molar-refractivity contribution in [2.24, 2.45) is 0 Å². The Morgan fingerprint density at radius 1 is 1.33 bits per heavy atom. The van der Waals surface area contributed by atoms with Gasteiger partial charge in [-0.05, 0) is 38.0 Å². The smallest absolute Gasteiger partial charge is 0.315 e. The standard InChI is InChI=1S/C17H20ClN3O3/c1-10-11(2)24-15(20-10)9-19-17(22)21-14-7-8-23-16(14)12-3-5-13(18)6-4-12/h3-6,14,16H,7-9H2,1-2H3,(H2,19,21,22)/t14-,16-/m1/s1. The highest BCUT2D eigenvalue weighted by Crippen LogP contribution is 2.29. The Bertz CT molecular complexity index is 695. The number of carbonyl (C=O) groups excluding carboxylic acids is 1. The van der Waals surface area contributed by atoms with E-state index in [1.165, 1.54) is 0 Å². The van der Waals surface area contributed by atoms with Gasteiger partial charge in [0, 0.05) is 11.6 Å². The molecule has 6 nitrogen and oxygen atoms in total. The molecule has 1 aliphatic rings. The van der Waals surface area contributed by atoms with Crippen molar-refractivity contribution in [1.29, 1.82) is 0 Å². The summed E-state index contributed by atoms with van der Waals surface area (Å²) in [5.41, 5.74) is 1.83. The van der Waals surface area contributed by atoms with Gasteiger partial charge in [-0.25, -0.2) is 9.78 Å². The van der Waals surface area contributed by atoms with Gasteiger partial charge in [0.1, 0.15) is 11.9 Å². The second-order valence-corrected chi connectivity index (χ2v) is 6.25. The van der Waals surface area contributed by atoms with Crippen LogP contribution in [0.25, 0.3) is 0 Å². The molecule has 0 saturated carbocycles. The summed E-state index contributed by atoms with van der Waals surface area (Å²) in [5.74, 6) is 1.26. The number of carbonyl (C=O) groups is 1. The van der Waals surface area contributed by atoms with E-state index in [4.69, 9.17) is 20.8 Å². The molecule has 0 radical (unpaired) electrons. The average molecular weight is 350 g/mol. The number of aryl methyl sites for hydroxylation is 2. The third-order valence-electron chi connectivity index (χ3n) is 4.08. The minimum atomic E-state index is -0.266. The maximum atomic E-state index is 12.1. The molecule has 0 bridgehead atoms. The van der Waals surface area contributed by atoms with E-state index in [1.54, 1.807) is 0 Å². The number of halogens is 1. The quantitative estimate of drug-likeness (QED) is 0.888. The number of benzene rings is 1. The second-order valence-electron chi connectivity index (χ2n) is 5.81. The van der Waals surface area contributed by atoms with Crippen LogP contribution in [0.3, 0.4) is 0 Å². The largest absolute Gasteiger partial charge is 0.444 e. The zero-order valence-electron chi connectivity index (χ0n) is 13.6. The SMILES string of the molecule is Cc1nc(CNC(=O)N[C@@H]2CCO[C@@H]2c2ccc(Cl)cc2)oc1C. The van der Waals surface area contributed by atoms with Crippen molar-refractivity contribution in [3.05, 3.63) is 52.2 Å². The van der Waals surface area contributed by atoms with E-state index >= 15 is 0 Å². The minimum Gasteiger partial charge on any atom is -0.444 e. The van der Waals surface area contributed by atoms with Crippen LogP contribution in [-0.4, -0.2) is 23.7 Å². The highest BCUT2D eigenvalue weighted by Gasteiger charge is 2.30. The molecule has 0 aliphatic carbocycles. The molecule has 1 aliphatic heterocycles. The lowest BCUT2D eigenvalue weighted by atomic mass is 10.0. The Kier molecular flexibility index (Phi) is 5.06. The molecule has 1 aromatic carbocycles. The van der Waals surface area contributed by atoms with Gasteiger partial charge < -0.3 is 19.8 Å². The maximum Gasteiger partial charge on any atom is 0.315 e. The van der Waals surface area contributed by atoms with E-state index in [1.807, 2.05) is 38.1 Å². The summed E-state index contributed by atoms with van der Waals surface area (Å²) in [5, 5.41) is 6.40. The molecule has 2 aromatic rings. The Balaban J connectivity index is 1.55. The number of ether oxygens (including phenoxy) is 1. The lowest BCUT2D eigenvalue weighted by molar-refractivity contribution is 0.0999. The summed E-state index contributed by atoms with van der Waals surface area (Å²) in [7, 11) is 0. The first kappa shape index (κ1) is 16.8. The van der Waals surface area contributed by atoms with Crippen LogP contribution in [0, 0.1) is 13.8 Å². The number of urea groups is 1. The third-order valence-corrected chi connectivity index (χ3v) is 4.33. The first-order chi connectivity index (χ1) is 11.5. The number of hydrogen-bond donors (Lipinski definition) is 2. The van der Waals surface area contributed by atoms with Gasteiger partial charge in [-0.15, -0.1) is 0 Å². The van der Waals surface area contributed by atoms with Crippen LogP contribution in [0.4, 0.5) is 4.79 Å². The number of nitrogens with zero attached hydrogens (tertiary/aromatic N) is 1. The number of hydrogen-bond acceptors (Lipinski definition) is 4. The number of nitrogens with one attached hydrogen (secondary N) is 2.